The first-order chi connectivity index (χ1) is 16.2. The topological polar surface area (TPSA) is 55.6 Å². The molecule has 1 aromatic heterocycles. The van der Waals surface area contributed by atoms with Gasteiger partial charge in [0.25, 0.3) is 5.91 Å². The normalized spacial score (nSPS) is 11.8. The molecule has 1 N–H and O–H groups in total. The molecule has 0 fully saturated rings. The largest absolute Gasteiger partial charge is 0.495 e. The quantitative estimate of drug-likeness (QED) is 0.264. The molecule has 0 unspecified atom stereocenters. The number of benzene rings is 3. The van der Waals surface area contributed by atoms with Crippen molar-refractivity contribution in [2.45, 2.75) is 12.7 Å². The third-order valence-corrected chi connectivity index (χ3v) is 5.52. The Balaban J connectivity index is 1.43. The zero-order valence-corrected chi connectivity index (χ0v) is 18.7. The van der Waals surface area contributed by atoms with Gasteiger partial charge in [-0.15, -0.1) is 0 Å². The van der Waals surface area contributed by atoms with Crippen molar-refractivity contribution in [3.05, 3.63) is 100 Å². The first-order valence-electron chi connectivity index (χ1n) is 10.2. The van der Waals surface area contributed by atoms with Gasteiger partial charge in [-0.3, -0.25) is 4.79 Å². The second-order valence-corrected chi connectivity index (χ2v) is 7.91. The summed E-state index contributed by atoms with van der Waals surface area (Å²) in [5.41, 5.74) is 4.60. The summed E-state index contributed by atoms with van der Waals surface area (Å²) in [4.78, 5) is 12.3. The average Bonchev–Trinajstić information content (AvgIpc) is 3.20. The lowest BCUT2D eigenvalue weighted by Crippen LogP contribution is -2.17. The van der Waals surface area contributed by atoms with E-state index in [2.05, 4.69) is 10.5 Å². The number of hydrazone groups is 1. The van der Waals surface area contributed by atoms with Gasteiger partial charge in [-0.25, -0.2) is 5.43 Å². The number of rotatable bonds is 6. The molecule has 0 aliphatic carbocycles. The van der Waals surface area contributed by atoms with Crippen molar-refractivity contribution in [3.8, 4) is 5.75 Å². The number of aromatic nitrogens is 1. The molecule has 0 aliphatic rings. The lowest BCUT2D eigenvalue weighted by atomic mass is 10.1. The number of nitrogens with one attached hydrogen (secondary N) is 1. The van der Waals surface area contributed by atoms with Gasteiger partial charge in [0.15, 0.2) is 0 Å². The standard InChI is InChI=1S/C25H19ClF3N3O2/c1-34-23-9-5-19(13-21(23)26)24(33)31-30-14-17-4-8-22-18(12-17)10-11-32(22)15-16-2-6-20(7-3-16)25(27,28)29/h2-14H,15H2,1H3,(H,31,33)/b30-14+. The Kier molecular flexibility index (Phi) is 6.61. The smallest absolute Gasteiger partial charge is 0.416 e. The number of carbonyl (C=O) groups excluding carboxylic acids is 1. The fourth-order valence-electron chi connectivity index (χ4n) is 3.47. The van der Waals surface area contributed by atoms with Crippen molar-refractivity contribution in [1.29, 1.82) is 0 Å². The molecule has 34 heavy (non-hydrogen) atoms. The minimum absolute atomic E-state index is 0.324. The highest BCUT2D eigenvalue weighted by molar-refractivity contribution is 6.32. The van der Waals surface area contributed by atoms with Gasteiger partial charge in [0, 0.05) is 29.2 Å². The number of hydrogen-bond acceptors (Lipinski definition) is 3. The highest BCUT2D eigenvalue weighted by Gasteiger charge is 2.29. The summed E-state index contributed by atoms with van der Waals surface area (Å²) in [6.45, 7) is 0.440. The van der Waals surface area contributed by atoms with E-state index >= 15 is 0 Å². The van der Waals surface area contributed by atoms with Crippen molar-refractivity contribution >= 4 is 34.6 Å². The van der Waals surface area contributed by atoms with Crippen LogP contribution in [0.15, 0.2) is 78.0 Å². The Morgan fingerprint density at radius 1 is 1.09 bits per heavy atom. The van der Waals surface area contributed by atoms with E-state index in [1.165, 1.54) is 31.5 Å². The van der Waals surface area contributed by atoms with Gasteiger partial charge in [0.05, 0.1) is 23.9 Å². The van der Waals surface area contributed by atoms with Crippen molar-refractivity contribution in [3.63, 3.8) is 0 Å². The molecule has 9 heteroatoms. The summed E-state index contributed by atoms with van der Waals surface area (Å²) in [6, 6.07) is 17.4. The number of fused-ring (bicyclic) bond motifs is 1. The Labute approximate surface area is 198 Å². The summed E-state index contributed by atoms with van der Waals surface area (Å²) in [5.74, 6) is 0.0601. The van der Waals surface area contributed by atoms with Crippen LogP contribution in [0, 0.1) is 0 Å². The van der Waals surface area contributed by atoms with E-state index in [-0.39, 0.29) is 0 Å². The second kappa shape index (κ2) is 9.61. The zero-order valence-electron chi connectivity index (χ0n) is 17.9. The van der Waals surface area contributed by atoms with Crippen LogP contribution in [0.4, 0.5) is 13.2 Å². The molecule has 174 valence electrons. The van der Waals surface area contributed by atoms with E-state index in [4.69, 9.17) is 16.3 Å². The number of hydrogen-bond donors (Lipinski definition) is 1. The SMILES string of the molecule is COc1ccc(C(=O)N/N=C/c2ccc3c(ccn3Cc3ccc(C(F)(F)F)cc3)c2)cc1Cl. The van der Waals surface area contributed by atoms with Crippen LogP contribution in [0.5, 0.6) is 5.75 Å². The monoisotopic (exact) mass is 485 g/mol. The third kappa shape index (κ3) is 5.23. The molecular formula is C25H19ClF3N3O2. The van der Waals surface area contributed by atoms with Crippen LogP contribution in [0.3, 0.4) is 0 Å². The number of amides is 1. The van der Waals surface area contributed by atoms with Crippen molar-refractivity contribution < 1.29 is 22.7 Å². The van der Waals surface area contributed by atoms with Gasteiger partial charge < -0.3 is 9.30 Å². The van der Waals surface area contributed by atoms with Gasteiger partial charge in [-0.1, -0.05) is 29.8 Å². The minimum Gasteiger partial charge on any atom is -0.495 e. The number of nitrogens with zero attached hydrogens (tertiary/aromatic N) is 2. The fourth-order valence-corrected chi connectivity index (χ4v) is 3.73. The average molecular weight is 486 g/mol. The number of alkyl halides is 3. The first kappa shape index (κ1) is 23.4. The molecule has 5 nitrogen and oxygen atoms in total. The molecule has 1 amide bonds. The highest BCUT2D eigenvalue weighted by atomic mass is 35.5. The van der Waals surface area contributed by atoms with Crippen LogP contribution < -0.4 is 10.2 Å². The molecule has 0 atom stereocenters. The molecule has 0 saturated heterocycles. The summed E-state index contributed by atoms with van der Waals surface area (Å²) < 4.78 is 45.3. The van der Waals surface area contributed by atoms with Crippen LogP contribution in [-0.4, -0.2) is 23.8 Å². The Bertz CT molecular complexity index is 1360. The highest BCUT2D eigenvalue weighted by Crippen LogP contribution is 2.29. The molecule has 1 heterocycles. The van der Waals surface area contributed by atoms with Gasteiger partial charge in [-0.2, -0.15) is 18.3 Å². The molecule has 4 rings (SSSR count). The number of ether oxygens (including phenoxy) is 1. The van der Waals surface area contributed by atoms with Crippen LogP contribution >= 0.6 is 11.6 Å². The lowest BCUT2D eigenvalue weighted by Gasteiger charge is -2.09. The minimum atomic E-state index is -4.35. The number of halogens is 4. The maximum Gasteiger partial charge on any atom is 0.416 e. The van der Waals surface area contributed by atoms with E-state index in [0.29, 0.717) is 22.9 Å². The van der Waals surface area contributed by atoms with Gasteiger partial charge in [0.2, 0.25) is 0 Å². The predicted octanol–water partition coefficient (Wildman–Crippen LogP) is 6.13. The molecular weight excluding hydrogens is 467 g/mol. The number of methoxy groups -OCH3 is 1. The van der Waals surface area contributed by atoms with E-state index in [0.717, 1.165) is 34.2 Å². The Morgan fingerprint density at radius 3 is 2.53 bits per heavy atom. The first-order valence-corrected chi connectivity index (χ1v) is 10.5. The van der Waals surface area contributed by atoms with E-state index in [9.17, 15) is 18.0 Å². The van der Waals surface area contributed by atoms with Crippen LogP contribution in [0.2, 0.25) is 5.02 Å². The predicted molar refractivity (Wildman–Crippen MR) is 126 cm³/mol. The van der Waals surface area contributed by atoms with Crippen LogP contribution in [0.1, 0.15) is 27.0 Å². The van der Waals surface area contributed by atoms with Gasteiger partial charge in [-0.05, 0) is 59.7 Å². The lowest BCUT2D eigenvalue weighted by molar-refractivity contribution is -0.137. The number of carbonyl (C=O) groups is 1. The molecule has 0 saturated carbocycles. The van der Waals surface area contributed by atoms with E-state index < -0.39 is 17.6 Å². The zero-order chi connectivity index (χ0) is 24.3. The Hall–Kier alpha value is -3.78. The molecule has 0 bridgehead atoms. The summed E-state index contributed by atoms with van der Waals surface area (Å²) in [5, 5.41) is 5.26. The molecule has 4 aromatic rings. The maximum atomic E-state index is 12.8. The molecule has 0 radical (unpaired) electrons. The second-order valence-electron chi connectivity index (χ2n) is 7.51. The van der Waals surface area contributed by atoms with Gasteiger partial charge in [0.1, 0.15) is 5.75 Å². The van der Waals surface area contributed by atoms with Crippen LogP contribution in [0.25, 0.3) is 10.9 Å². The molecule has 0 aliphatic heterocycles. The molecule has 0 spiro atoms. The summed E-state index contributed by atoms with van der Waals surface area (Å²) >= 11 is 6.05. The maximum absolute atomic E-state index is 12.8. The van der Waals surface area contributed by atoms with Crippen LogP contribution in [-0.2, 0) is 12.7 Å². The van der Waals surface area contributed by atoms with Crippen molar-refractivity contribution in [2.24, 2.45) is 5.10 Å². The van der Waals surface area contributed by atoms with E-state index in [1.54, 1.807) is 12.1 Å². The third-order valence-electron chi connectivity index (χ3n) is 5.22. The van der Waals surface area contributed by atoms with E-state index in [1.807, 2.05) is 35.0 Å². The summed E-state index contributed by atoms with van der Waals surface area (Å²) in [7, 11) is 1.49. The Morgan fingerprint density at radius 2 is 1.85 bits per heavy atom. The van der Waals surface area contributed by atoms with Gasteiger partial charge >= 0.3 is 6.18 Å². The molecule has 3 aromatic carbocycles. The fraction of sp³-hybridized carbons (Fsp3) is 0.120. The summed E-state index contributed by atoms with van der Waals surface area (Å²) in [6.07, 6.45) is -0.952. The van der Waals surface area contributed by atoms with Crippen molar-refractivity contribution in [1.82, 2.24) is 9.99 Å². The van der Waals surface area contributed by atoms with Crippen molar-refractivity contribution in [2.75, 3.05) is 7.11 Å².